The predicted octanol–water partition coefficient (Wildman–Crippen LogP) is 5.35. The third-order valence-corrected chi connectivity index (χ3v) is 4.98. The number of benzene rings is 2. The SMILES string of the molecule is COc1c(Br)cc(Br)cc1C(=O)NC(=S)Nc1c(Cl)cc(Cl)cc1C(=O)O. The largest absolute Gasteiger partial charge is 0.495 e. The number of halogens is 4. The quantitative estimate of drug-likeness (QED) is 0.440. The number of thiocarbonyl (C=S) groups is 1. The molecule has 0 atom stereocenters. The van der Waals surface area contributed by atoms with Crippen molar-refractivity contribution in [2.75, 3.05) is 12.4 Å². The number of nitrogens with one attached hydrogen (secondary N) is 2. The van der Waals surface area contributed by atoms with Gasteiger partial charge in [0.05, 0.1) is 33.4 Å². The summed E-state index contributed by atoms with van der Waals surface area (Å²) >= 11 is 23.6. The Morgan fingerprint density at radius 2 is 1.81 bits per heavy atom. The van der Waals surface area contributed by atoms with Crippen LogP contribution in [0, 0.1) is 0 Å². The highest BCUT2D eigenvalue weighted by Crippen LogP contribution is 2.33. The molecule has 2 rings (SSSR count). The second kappa shape index (κ2) is 9.20. The van der Waals surface area contributed by atoms with E-state index in [0.29, 0.717) is 14.7 Å². The van der Waals surface area contributed by atoms with E-state index in [4.69, 9.17) is 40.2 Å². The number of anilines is 1. The molecule has 0 spiro atoms. The van der Waals surface area contributed by atoms with Gasteiger partial charge >= 0.3 is 5.97 Å². The molecular weight excluding hydrogens is 547 g/mol. The molecule has 0 heterocycles. The molecule has 0 fully saturated rings. The Morgan fingerprint density at radius 3 is 2.41 bits per heavy atom. The molecule has 2 aromatic carbocycles. The topological polar surface area (TPSA) is 87.7 Å². The van der Waals surface area contributed by atoms with Crippen molar-refractivity contribution in [3.05, 3.63) is 54.4 Å². The average Bonchev–Trinajstić information content (AvgIpc) is 2.56. The highest BCUT2D eigenvalue weighted by Gasteiger charge is 2.20. The van der Waals surface area contributed by atoms with Gasteiger partial charge in [-0.1, -0.05) is 39.1 Å². The van der Waals surface area contributed by atoms with Gasteiger partial charge in [0.25, 0.3) is 5.91 Å². The number of hydrogen-bond acceptors (Lipinski definition) is 4. The van der Waals surface area contributed by atoms with E-state index < -0.39 is 11.9 Å². The van der Waals surface area contributed by atoms with Crippen molar-refractivity contribution >= 4 is 90.0 Å². The van der Waals surface area contributed by atoms with Gasteiger partial charge in [-0.2, -0.15) is 0 Å². The fraction of sp³-hybridized carbons (Fsp3) is 0.0625. The zero-order valence-electron chi connectivity index (χ0n) is 13.4. The minimum absolute atomic E-state index is 0.0151. The molecule has 0 bridgehead atoms. The summed E-state index contributed by atoms with van der Waals surface area (Å²) in [7, 11) is 1.42. The van der Waals surface area contributed by atoms with Crippen LogP contribution in [0.25, 0.3) is 0 Å². The summed E-state index contributed by atoms with van der Waals surface area (Å²) in [6, 6.07) is 5.85. The van der Waals surface area contributed by atoms with E-state index in [1.54, 1.807) is 12.1 Å². The third-order valence-electron chi connectivity index (χ3n) is 3.21. The summed E-state index contributed by atoms with van der Waals surface area (Å²) < 4.78 is 6.44. The predicted molar refractivity (Wildman–Crippen MR) is 116 cm³/mol. The Balaban J connectivity index is 2.28. The van der Waals surface area contributed by atoms with E-state index in [2.05, 4.69) is 42.5 Å². The van der Waals surface area contributed by atoms with Crippen molar-refractivity contribution < 1.29 is 19.4 Å². The molecule has 0 saturated heterocycles. The lowest BCUT2D eigenvalue weighted by molar-refractivity contribution is 0.0697. The molecule has 0 aliphatic heterocycles. The summed E-state index contributed by atoms with van der Waals surface area (Å²) in [6.45, 7) is 0. The Labute approximate surface area is 186 Å². The molecule has 0 aromatic heterocycles. The fourth-order valence-corrected chi connectivity index (χ4v) is 4.24. The van der Waals surface area contributed by atoms with Crippen molar-refractivity contribution in [3.63, 3.8) is 0 Å². The average molecular weight is 557 g/mol. The van der Waals surface area contributed by atoms with Crippen LogP contribution in [0.1, 0.15) is 20.7 Å². The Kier molecular flexibility index (Phi) is 7.47. The number of carboxylic acids is 1. The first-order valence-corrected chi connectivity index (χ1v) is 9.76. The summed E-state index contributed by atoms with van der Waals surface area (Å²) in [5.41, 5.74) is 0.0386. The fourth-order valence-electron chi connectivity index (χ4n) is 2.12. The van der Waals surface area contributed by atoms with E-state index in [0.717, 1.165) is 0 Å². The van der Waals surface area contributed by atoms with Crippen molar-refractivity contribution in [2.45, 2.75) is 0 Å². The molecule has 0 aliphatic rings. The molecule has 3 N–H and O–H groups in total. The van der Waals surface area contributed by atoms with E-state index >= 15 is 0 Å². The summed E-state index contributed by atoms with van der Waals surface area (Å²) in [4.78, 5) is 24.0. The molecule has 2 aromatic rings. The normalized spacial score (nSPS) is 10.3. The van der Waals surface area contributed by atoms with Gasteiger partial charge in [-0.25, -0.2) is 4.79 Å². The van der Waals surface area contributed by atoms with Gasteiger partial charge in [-0.3, -0.25) is 10.1 Å². The van der Waals surface area contributed by atoms with Crippen molar-refractivity contribution in [1.29, 1.82) is 0 Å². The van der Waals surface area contributed by atoms with Crippen molar-refractivity contribution in [3.8, 4) is 5.75 Å². The standard InChI is InChI=1S/C16H10Br2Cl2N2O4S/c1-26-13-9(2-6(17)3-10(13)18)14(23)22-16(27)21-12-8(15(24)25)4-7(19)5-11(12)20/h2-5H,1H3,(H,24,25)(H2,21,22,23,27). The molecule has 0 unspecified atom stereocenters. The Morgan fingerprint density at radius 1 is 1.15 bits per heavy atom. The van der Waals surface area contributed by atoms with Crippen molar-refractivity contribution in [1.82, 2.24) is 5.32 Å². The summed E-state index contributed by atoms with van der Waals surface area (Å²) in [5, 5.41) is 14.4. The van der Waals surface area contributed by atoms with Crippen LogP contribution >= 0.6 is 67.3 Å². The second-order valence-corrected chi connectivity index (χ2v) is 8.01. The zero-order valence-corrected chi connectivity index (χ0v) is 18.9. The van der Waals surface area contributed by atoms with Gasteiger partial charge in [0.2, 0.25) is 0 Å². The smallest absolute Gasteiger partial charge is 0.337 e. The first kappa shape index (κ1) is 21.9. The van der Waals surface area contributed by atoms with Gasteiger partial charge in [0.1, 0.15) is 5.75 Å². The van der Waals surface area contributed by atoms with Crippen LogP contribution in [0.4, 0.5) is 5.69 Å². The zero-order chi connectivity index (χ0) is 20.3. The number of ether oxygens (including phenoxy) is 1. The van der Waals surface area contributed by atoms with E-state index in [9.17, 15) is 14.7 Å². The van der Waals surface area contributed by atoms with Gasteiger partial charge in [-0.05, 0) is 52.4 Å². The lowest BCUT2D eigenvalue weighted by atomic mass is 10.1. The maximum absolute atomic E-state index is 12.6. The molecule has 142 valence electrons. The van der Waals surface area contributed by atoms with Crippen LogP contribution in [0.2, 0.25) is 10.0 Å². The monoisotopic (exact) mass is 554 g/mol. The number of carbonyl (C=O) groups excluding carboxylic acids is 1. The van der Waals surface area contributed by atoms with Crippen LogP contribution in [0.5, 0.6) is 5.75 Å². The first-order valence-electron chi connectivity index (χ1n) is 7.01. The number of amides is 1. The highest BCUT2D eigenvalue weighted by molar-refractivity contribution is 9.11. The number of hydrogen-bond donors (Lipinski definition) is 3. The van der Waals surface area contributed by atoms with Crippen molar-refractivity contribution in [2.24, 2.45) is 0 Å². The Hall–Kier alpha value is -1.39. The minimum atomic E-state index is -1.26. The molecular formula is C16H10Br2Cl2N2O4S. The maximum Gasteiger partial charge on any atom is 0.337 e. The number of carbonyl (C=O) groups is 2. The second-order valence-electron chi connectivity index (χ2n) is 4.99. The lowest BCUT2D eigenvalue weighted by Crippen LogP contribution is -2.35. The van der Waals surface area contributed by atoms with Crippen LogP contribution in [0.3, 0.4) is 0 Å². The molecule has 0 aliphatic carbocycles. The minimum Gasteiger partial charge on any atom is -0.495 e. The number of carboxylic acid groups (broad SMARTS) is 1. The third kappa shape index (κ3) is 5.32. The number of methoxy groups -OCH3 is 1. The van der Waals surface area contributed by atoms with Crippen LogP contribution < -0.4 is 15.4 Å². The Bertz CT molecular complexity index is 957. The lowest BCUT2D eigenvalue weighted by Gasteiger charge is -2.15. The van der Waals surface area contributed by atoms with Gasteiger partial charge in [0.15, 0.2) is 5.11 Å². The molecule has 11 heteroatoms. The van der Waals surface area contributed by atoms with Crippen LogP contribution in [-0.4, -0.2) is 29.2 Å². The molecule has 6 nitrogen and oxygen atoms in total. The summed E-state index contributed by atoms with van der Waals surface area (Å²) in [6.07, 6.45) is 0. The number of aromatic carboxylic acids is 1. The first-order chi connectivity index (χ1) is 12.6. The highest BCUT2D eigenvalue weighted by atomic mass is 79.9. The van der Waals surface area contributed by atoms with Gasteiger partial charge < -0.3 is 15.2 Å². The number of rotatable bonds is 4. The van der Waals surface area contributed by atoms with Crippen LogP contribution in [0.15, 0.2) is 33.2 Å². The molecule has 1 amide bonds. The molecule has 0 saturated carbocycles. The van der Waals surface area contributed by atoms with E-state index in [1.165, 1.54) is 19.2 Å². The van der Waals surface area contributed by atoms with Gasteiger partial charge in [-0.15, -0.1) is 0 Å². The molecule has 0 radical (unpaired) electrons. The molecule has 27 heavy (non-hydrogen) atoms. The van der Waals surface area contributed by atoms with Crippen LogP contribution in [-0.2, 0) is 0 Å². The van der Waals surface area contributed by atoms with E-state index in [1.807, 2.05) is 0 Å². The van der Waals surface area contributed by atoms with E-state index in [-0.39, 0.29) is 32.0 Å². The summed E-state index contributed by atoms with van der Waals surface area (Å²) in [5.74, 6) is -1.50. The maximum atomic E-state index is 12.6. The van der Waals surface area contributed by atoms with Gasteiger partial charge in [0, 0.05) is 9.50 Å².